The van der Waals surface area contributed by atoms with E-state index in [-0.39, 0.29) is 11.7 Å². The Morgan fingerprint density at radius 2 is 1.80 bits per heavy atom. The Labute approximate surface area is 144 Å². The second-order valence-electron chi connectivity index (χ2n) is 5.79. The molecule has 3 rings (SSSR count). The van der Waals surface area contributed by atoms with Crippen molar-refractivity contribution in [1.29, 1.82) is 0 Å². The monoisotopic (exact) mass is 341 g/mol. The predicted molar refractivity (Wildman–Crippen MR) is 91.6 cm³/mol. The maximum atomic E-state index is 13.3. The molecule has 3 aromatic rings. The normalized spacial score (nSPS) is 10.7. The van der Waals surface area contributed by atoms with Crippen LogP contribution >= 0.6 is 0 Å². The number of aryl methyl sites for hydroxylation is 1. The zero-order chi connectivity index (χ0) is 18.0. The highest BCUT2D eigenvalue weighted by molar-refractivity contribution is 6.04. The number of amides is 1. The fraction of sp³-hybridized carbons (Fsp3) is 0.158. The number of rotatable bonds is 4. The van der Waals surface area contributed by atoms with Crippen LogP contribution < -0.4 is 5.32 Å². The van der Waals surface area contributed by atoms with E-state index < -0.39 is 5.82 Å². The van der Waals surface area contributed by atoms with Gasteiger partial charge in [-0.1, -0.05) is 12.1 Å². The molecule has 0 spiro atoms. The van der Waals surface area contributed by atoms with Crippen LogP contribution in [0.4, 0.5) is 14.5 Å². The van der Waals surface area contributed by atoms with Gasteiger partial charge < -0.3 is 5.32 Å². The van der Waals surface area contributed by atoms with Crippen LogP contribution in [0.25, 0.3) is 0 Å². The Morgan fingerprint density at radius 1 is 1.08 bits per heavy atom. The molecule has 2 aromatic carbocycles. The minimum atomic E-state index is -0.396. The van der Waals surface area contributed by atoms with Gasteiger partial charge in [0.2, 0.25) is 0 Å². The van der Waals surface area contributed by atoms with E-state index in [4.69, 9.17) is 0 Å². The smallest absolute Gasteiger partial charge is 0.255 e. The van der Waals surface area contributed by atoms with Gasteiger partial charge in [0.1, 0.15) is 11.6 Å². The lowest BCUT2D eigenvalue weighted by Crippen LogP contribution is -2.13. The molecule has 0 aliphatic heterocycles. The SMILES string of the molecule is Cc1nn(Cc2cccc(F)c2)c(C)c1NC(=O)c1ccc(F)cc1. The second-order valence-corrected chi connectivity index (χ2v) is 5.79. The first kappa shape index (κ1) is 16.8. The molecule has 0 saturated heterocycles. The molecule has 1 N–H and O–H groups in total. The Morgan fingerprint density at radius 3 is 2.48 bits per heavy atom. The van der Waals surface area contributed by atoms with E-state index in [0.29, 0.717) is 23.5 Å². The molecule has 25 heavy (non-hydrogen) atoms. The van der Waals surface area contributed by atoms with E-state index in [9.17, 15) is 13.6 Å². The summed E-state index contributed by atoms with van der Waals surface area (Å²) in [4.78, 5) is 12.3. The standard InChI is InChI=1S/C19H17F2N3O/c1-12-18(22-19(25)15-6-8-16(20)9-7-15)13(2)24(23-12)11-14-4-3-5-17(21)10-14/h3-10H,11H2,1-2H3,(H,22,25). The van der Waals surface area contributed by atoms with Crippen molar-refractivity contribution < 1.29 is 13.6 Å². The third-order valence-corrected chi connectivity index (χ3v) is 3.95. The summed E-state index contributed by atoms with van der Waals surface area (Å²) in [5.74, 6) is -1.04. The van der Waals surface area contributed by atoms with Crippen molar-refractivity contribution in [2.45, 2.75) is 20.4 Å². The van der Waals surface area contributed by atoms with Gasteiger partial charge in [0.15, 0.2) is 0 Å². The molecule has 1 aromatic heterocycles. The molecule has 0 bridgehead atoms. The third kappa shape index (κ3) is 3.74. The molecule has 0 aliphatic carbocycles. The number of carbonyl (C=O) groups excluding carboxylic acids is 1. The number of carbonyl (C=O) groups is 1. The average Bonchev–Trinajstić information content (AvgIpc) is 2.83. The lowest BCUT2D eigenvalue weighted by Gasteiger charge is -2.07. The maximum absolute atomic E-state index is 13.3. The number of nitrogens with one attached hydrogen (secondary N) is 1. The molecule has 0 unspecified atom stereocenters. The molecule has 1 heterocycles. The van der Waals surface area contributed by atoms with Crippen LogP contribution in [0.5, 0.6) is 0 Å². The number of nitrogens with zero attached hydrogens (tertiary/aromatic N) is 2. The van der Waals surface area contributed by atoms with E-state index in [2.05, 4.69) is 10.4 Å². The van der Waals surface area contributed by atoms with Crippen LogP contribution in [0.15, 0.2) is 48.5 Å². The first-order chi connectivity index (χ1) is 11.9. The zero-order valence-electron chi connectivity index (χ0n) is 13.9. The minimum Gasteiger partial charge on any atom is -0.319 e. The topological polar surface area (TPSA) is 46.9 Å². The molecule has 0 saturated carbocycles. The molecule has 128 valence electrons. The first-order valence-corrected chi connectivity index (χ1v) is 7.79. The van der Waals surface area contributed by atoms with Crippen molar-refractivity contribution in [3.05, 3.63) is 82.7 Å². The summed E-state index contributed by atoms with van der Waals surface area (Å²) in [6, 6.07) is 11.6. The highest BCUT2D eigenvalue weighted by Gasteiger charge is 2.15. The minimum absolute atomic E-state index is 0.302. The van der Waals surface area contributed by atoms with E-state index >= 15 is 0 Å². The van der Waals surface area contributed by atoms with Gasteiger partial charge in [-0.2, -0.15) is 5.10 Å². The summed E-state index contributed by atoms with van der Waals surface area (Å²) in [5, 5.41) is 7.23. The van der Waals surface area contributed by atoms with Crippen LogP contribution in [0, 0.1) is 25.5 Å². The van der Waals surface area contributed by atoms with Gasteiger partial charge >= 0.3 is 0 Å². The highest BCUT2D eigenvalue weighted by Crippen LogP contribution is 2.21. The number of aromatic nitrogens is 2. The Balaban J connectivity index is 1.82. The summed E-state index contributed by atoms with van der Waals surface area (Å²) < 4.78 is 28.0. The summed E-state index contributed by atoms with van der Waals surface area (Å²) >= 11 is 0. The van der Waals surface area contributed by atoms with E-state index in [1.165, 1.54) is 36.4 Å². The maximum Gasteiger partial charge on any atom is 0.255 e. The van der Waals surface area contributed by atoms with Crippen molar-refractivity contribution in [1.82, 2.24) is 9.78 Å². The van der Waals surface area contributed by atoms with Crippen LogP contribution in [-0.4, -0.2) is 15.7 Å². The number of anilines is 1. The third-order valence-electron chi connectivity index (χ3n) is 3.95. The molecular formula is C19H17F2N3O. The average molecular weight is 341 g/mol. The van der Waals surface area contributed by atoms with Gasteiger partial charge in [-0.15, -0.1) is 0 Å². The van der Waals surface area contributed by atoms with Crippen LogP contribution in [0.1, 0.15) is 27.3 Å². The van der Waals surface area contributed by atoms with Crippen molar-refractivity contribution in [2.75, 3.05) is 5.32 Å². The summed E-state index contributed by atoms with van der Waals surface area (Å²) in [6.07, 6.45) is 0. The molecular weight excluding hydrogens is 324 g/mol. The van der Waals surface area contributed by atoms with Gasteiger partial charge in [-0.05, 0) is 55.8 Å². The number of hydrogen-bond acceptors (Lipinski definition) is 2. The van der Waals surface area contributed by atoms with Crippen molar-refractivity contribution in [3.63, 3.8) is 0 Å². The van der Waals surface area contributed by atoms with Gasteiger partial charge in [-0.25, -0.2) is 8.78 Å². The molecule has 1 amide bonds. The Hall–Kier alpha value is -3.02. The van der Waals surface area contributed by atoms with Crippen LogP contribution in [-0.2, 0) is 6.54 Å². The summed E-state index contributed by atoms with van der Waals surface area (Å²) in [7, 11) is 0. The predicted octanol–water partition coefficient (Wildman–Crippen LogP) is 4.08. The van der Waals surface area contributed by atoms with Crippen molar-refractivity contribution in [3.8, 4) is 0 Å². The Kier molecular flexibility index (Phi) is 4.61. The summed E-state index contributed by atoms with van der Waals surface area (Å²) in [5.41, 5.74) is 3.16. The van der Waals surface area contributed by atoms with E-state index in [1.54, 1.807) is 17.7 Å². The largest absolute Gasteiger partial charge is 0.319 e. The van der Waals surface area contributed by atoms with Gasteiger partial charge in [0.25, 0.3) is 5.91 Å². The van der Waals surface area contributed by atoms with E-state index in [1.807, 2.05) is 13.0 Å². The fourth-order valence-corrected chi connectivity index (χ4v) is 2.63. The number of hydrogen-bond donors (Lipinski definition) is 1. The van der Waals surface area contributed by atoms with E-state index in [0.717, 1.165) is 11.3 Å². The van der Waals surface area contributed by atoms with Crippen LogP contribution in [0.2, 0.25) is 0 Å². The quantitative estimate of drug-likeness (QED) is 0.777. The lowest BCUT2D eigenvalue weighted by molar-refractivity contribution is 0.102. The van der Waals surface area contributed by atoms with Gasteiger partial charge in [-0.3, -0.25) is 9.48 Å². The molecule has 0 atom stereocenters. The molecule has 0 fully saturated rings. The summed E-state index contributed by atoms with van der Waals surface area (Å²) in [6.45, 7) is 4.02. The lowest BCUT2D eigenvalue weighted by atomic mass is 10.2. The molecule has 0 radical (unpaired) electrons. The molecule has 6 heteroatoms. The van der Waals surface area contributed by atoms with Gasteiger partial charge in [0, 0.05) is 5.56 Å². The zero-order valence-corrected chi connectivity index (χ0v) is 13.9. The Bertz CT molecular complexity index is 917. The molecule has 4 nitrogen and oxygen atoms in total. The highest BCUT2D eigenvalue weighted by atomic mass is 19.1. The molecule has 0 aliphatic rings. The fourth-order valence-electron chi connectivity index (χ4n) is 2.63. The second kappa shape index (κ2) is 6.84. The van der Waals surface area contributed by atoms with Crippen molar-refractivity contribution in [2.24, 2.45) is 0 Å². The van der Waals surface area contributed by atoms with Gasteiger partial charge in [0.05, 0.1) is 23.6 Å². The van der Waals surface area contributed by atoms with Crippen molar-refractivity contribution >= 4 is 11.6 Å². The van der Waals surface area contributed by atoms with Crippen LogP contribution in [0.3, 0.4) is 0 Å². The first-order valence-electron chi connectivity index (χ1n) is 7.79. The number of benzene rings is 2. The number of halogens is 2.